The van der Waals surface area contributed by atoms with Crippen molar-refractivity contribution in [1.82, 2.24) is 0 Å². The van der Waals surface area contributed by atoms with Crippen molar-refractivity contribution in [3.05, 3.63) is 52.1 Å². The number of amides is 1. The average Bonchev–Trinajstić information content (AvgIpc) is 2.74. The van der Waals surface area contributed by atoms with Gasteiger partial charge in [-0.1, -0.05) is 12.1 Å². The van der Waals surface area contributed by atoms with Gasteiger partial charge in [-0.05, 0) is 38.3 Å². The fourth-order valence-corrected chi connectivity index (χ4v) is 3.49. The first-order valence-electron chi connectivity index (χ1n) is 9.69. The Hall–Kier alpha value is -3.29. The molecule has 1 saturated heterocycles. The zero-order valence-electron chi connectivity index (χ0n) is 16.6. The van der Waals surface area contributed by atoms with Crippen molar-refractivity contribution in [2.75, 3.05) is 37.0 Å². The summed E-state index contributed by atoms with van der Waals surface area (Å²) < 4.78 is 10.7. The van der Waals surface area contributed by atoms with Crippen LogP contribution >= 0.6 is 0 Å². The van der Waals surface area contributed by atoms with Gasteiger partial charge in [0.2, 0.25) is 0 Å². The molecule has 0 bridgehead atoms. The number of anilines is 2. The monoisotopic (exact) mass is 399 g/mol. The van der Waals surface area contributed by atoms with Crippen molar-refractivity contribution in [3.8, 4) is 11.5 Å². The second-order valence-corrected chi connectivity index (χ2v) is 6.73. The number of nitrogens with zero attached hydrogens (tertiary/aromatic N) is 2. The Morgan fingerprint density at radius 2 is 1.90 bits per heavy atom. The zero-order chi connectivity index (χ0) is 20.8. The second-order valence-electron chi connectivity index (χ2n) is 6.73. The molecule has 0 atom stereocenters. The van der Waals surface area contributed by atoms with E-state index in [0.717, 1.165) is 31.6 Å². The minimum absolute atomic E-state index is 0.0762. The van der Waals surface area contributed by atoms with Crippen molar-refractivity contribution >= 4 is 23.0 Å². The first kappa shape index (κ1) is 20.4. The first-order chi connectivity index (χ1) is 14.0. The van der Waals surface area contributed by atoms with Crippen LogP contribution in [0.2, 0.25) is 0 Å². The number of nitro benzene ring substituents is 1. The van der Waals surface area contributed by atoms with E-state index in [1.165, 1.54) is 25.7 Å². The number of para-hydroxylation sites is 2. The van der Waals surface area contributed by atoms with E-state index in [2.05, 4.69) is 10.2 Å². The summed E-state index contributed by atoms with van der Waals surface area (Å²) in [6.45, 7) is 3.97. The van der Waals surface area contributed by atoms with E-state index in [-0.39, 0.29) is 22.7 Å². The van der Waals surface area contributed by atoms with Gasteiger partial charge in [0.05, 0.1) is 36.1 Å². The Morgan fingerprint density at radius 3 is 2.55 bits per heavy atom. The molecule has 8 nitrogen and oxygen atoms in total. The minimum Gasteiger partial charge on any atom is -0.493 e. The number of piperidine rings is 1. The van der Waals surface area contributed by atoms with Gasteiger partial charge in [0.25, 0.3) is 11.6 Å². The highest BCUT2D eigenvalue weighted by molar-refractivity contribution is 6.09. The van der Waals surface area contributed by atoms with Gasteiger partial charge in [-0.15, -0.1) is 0 Å². The molecule has 0 saturated carbocycles. The third-order valence-electron chi connectivity index (χ3n) is 4.87. The summed E-state index contributed by atoms with van der Waals surface area (Å²) >= 11 is 0. The Kier molecular flexibility index (Phi) is 6.54. The van der Waals surface area contributed by atoms with Gasteiger partial charge in [0.1, 0.15) is 5.56 Å². The topological polar surface area (TPSA) is 93.9 Å². The van der Waals surface area contributed by atoms with Gasteiger partial charge < -0.3 is 19.7 Å². The molecule has 1 N–H and O–H groups in total. The summed E-state index contributed by atoms with van der Waals surface area (Å²) in [4.78, 5) is 26.2. The van der Waals surface area contributed by atoms with Crippen molar-refractivity contribution in [2.24, 2.45) is 0 Å². The summed E-state index contributed by atoms with van der Waals surface area (Å²) in [5.41, 5.74) is 1.13. The van der Waals surface area contributed by atoms with Gasteiger partial charge in [-0.25, -0.2) is 0 Å². The predicted octanol–water partition coefficient (Wildman–Crippen LogP) is 4.24. The Balaban J connectivity index is 1.95. The maximum atomic E-state index is 13.0. The molecule has 154 valence electrons. The molecule has 2 aromatic rings. The Bertz CT molecular complexity index is 894. The molecule has 29 heavy (non-hydrogen) atoms. The van der Waals surface area contributed by atoms with Gasteiger partial charge in [-0.2, -0.15) is 0 Å². The SMILES string of the molecule is CCOc1cc(C(=O)Nc2ccccc2N2CCCCC2)c([N+](=O)[O-])cc1OC. The summed E-state index contributed by atoms with van der Waals surface area (Å²) in [5, 5.41) is 14.4. The van der Waals surface area contributed by atoms with Crippen LogP contribution in [0.25, 0.3) is 0 Å². The van der Waals surface area contributed by atoms with E-state index in [1.807, 2.05) is 18.2 Å². The number of methoxy groups -OCH3 is 1. The number of benzene rings is 2. The van der Waals surface area contributed by atoms with Crippen molar-refractivity contribution < 1.29 is 19.2 Å². The molecule has 2 aromatic carbocycles. The van der Waals surface area contributed by atoms with E-state index in [9.17, 15) is 14.9 Å². The van der Waals surface area contributed by atoms with Crippen molar-refractivity contribution in [1.29, 1.82) is 0 Å². The van der Waals surface area contributed by atoms with Crippen LogP contribution in [0.15, 0.2) is 36.4 Å². The van der Waals surface area contributed by atoms with Gasteiger partial charge in [0, 0.05) is 19.2 Å². The van der Waals surface area contributed by atoms with Crippen LogP contribution in [-0.2, 0) is 0 Å². The lowest BCUT2D eigenvalue weighted by Crippen LogP contribution is -2.30. The highest BCUT2D eigenvalue weighted by atomic mass is 16.6. The highest BCUT2D eigenvalue weighted by Crippen LogP contribution is 2.36. The minimum atomic E-state index is -0.594. The van der Waals surface area contributed by atoms with Crippen LogP contribution in [-0.4, -0.2) is 37.6 Å². The molecule has 1 aliphatic rings. The molecule has 1 amide bonds. The summed E-state index contributed by atoms with van der Waals surface area (Å²) in [5.74, 6) is -0.0661. The largest absolute Gasteiger partial charge is 0.493 e. The lowest BCUT2D eigenvalue weighted by Gasteiger charge is -2.30. The fourth-order valence-electron chi connectivity index (χ4n) is 3.49. The quantitative estimate of drug-likeness (QED) is 0.553. The molecular formula is C21H25N3O5. The van der Waals surface area contributed by atoms with Gasteiger partial charge >= 0.3 is 0 Å². The van der Waals surface area contributed by atoms with E-state index in [0.29, 0.717) is 12.3 Å². The molecule has 0 aromatic heterocycles. The predicted molar refractivity (Wildman–Crippen MR) is 111 cm³/mol. The number of hydrogen-bond donors (Lipinski definition) is 1. The van der Waals surface area contributed by atoms with Crippen molar-refractivity contribution in [3.63, 3.8) is 0 Å². The third kappa shape index (κ3) is 4.59. The van der Waals surface area contributed by atoms with Crippen LogP contribution < -0.4 is 19.7 Å². The summed E-state index contributed by atoms with van der Waals surface area (Å²) in [6.07, 6.45) is 3.40. The smallest absolute Gasteiger partial charge is 0.286 e. The van der Waals surface area contributed by atoms with Crippen LogP contribution in [0.3, 0.4) is 0 Å². The van der Waals surface area contributed by atoms with Gasteiger partial charge in [-0.3, -0.25) is 14.9 Å². The van der Waals surface area contributed by atoms with E-state index >= 15 is 0 Å². The molecule has 1 fully saturated rings. The Labute approximate surface area is 169 Å². The number of rotatable bonds is 7. The Morgan fingerprint density at radius 1 is 1.17 bits per heavy atom. The average molecular weight is 399 g/mol. The molecular weight excluding hydrogens is 374 g/mol. The highest BCUT2D eigenvalue weighted by Gasteiger charge is 2.26. The number of nitro groups is 1. The van der Waals surface area contributed by atoms with Crippen LogP contribution in [0, 0.1) is 10.1 Å². The van der Waals surface area contributed by atoms with Crippen LogP contribution in [0.4, 0.5) is 17.1 Å². The number of ether oxygens (including phenoxy) is 2. The lowest BCUT2D eigenvalue weighted by atomic mass is 10.1. The molecule has 1 heterocycles. The molecule has 0 aliphatic carbocycles. The molecule has 0 spiro atoms. The van der Waals surface area contributed by atoms with Crippen LogP contribution in [0.5, 0.6) is 11.5 Å². The number of carbonyl (C=O) groups excluding carboxylic acids is 1. The van der Waals surface area contributed by atoms with Crippen molar-refractivity contribution in [2.45, 2.75) is 26.2 Å². The zero-order valence-corrected chi connectivity index (χ0v) is 16.6. The van der Waals surface area contributed by atoms with E-state index in [4.69, 9.17) is 9.47 Å². The molecule has 3 rings (SSSR count). The maximum Gasteiger partial charge on any atom is 0.286 e. The standard InChI is InChI=1S/C21H25N3O5/c1-3-29-20-13-15(18(24(26)27)14-19(20)28-2)21(25)22-16-9-5-6-10-17(16)23-11-7-4-8-12-23/h5-6,9-10,13-14H,3-4,7-8,11-12H2,1-2H3,(H,22,25). The molecule has 1 aliphatic heterocycles. The maximum absolute atomic E-state index is 13.0. The molecule has 8 heteroatoms. The van der Waals surface area contributed by atoms with Gasteiger partial charge in [0.15, 0.2) is 11.5 Å². The summed E-state index contributed by atoms with van der Waals surface area (Å²) in [6, 6.07) is 10.1. The number of nitrogens with one attached hydrogen (secondary N) is 1. The first-order valence-corrected chi connectivity index (χ1v) is 9.69. The number of carbonyl (C=O) groups is 1. The lowest BCUT2D eigenvalue weighted by molar-refractivity contribution is -0.385. The molecule has 0 radical (unpaired) electrons. The third-order valence-corrected chi connectivity index (χ3v) is 4.87. The molecule has 0 unspecified atom stereocenters. The normalized spacial score (nSPS) is 13.7. The van der Waals surface area contributed by atoms with E-state index < -0.39 is 10.8 Å². The van der Waals surface area contributed by atoms with Crippen LogP contribution in [0.1, 0.15) is 36.5 Å². The summed E-state index contributed by atoms with van der Waals surface area (Å²) in [7, 11) is 1.40. The number of hydrogen-bond acceptors (Lipinski definition) is 6. The van der Waals surface area contributed by atoms with E-state index in [1.54, 1.807) is 13.0 Å². The second kappa shape index (κ2) is 9.27. The fraction of sp³-hybridized carbons (Fsp3) is 0.381.